The summed E-state index contributed by atoms with van der Waals surface area (Å²) in [7, 11) is 0. The van der Waals surface area contributed by atoms with Gasteiger partial charge in [0.05, 0.1) is 17.8 Å². The molecule has 1 aromatic heterocycles. The highest BCUT2D eigenvalue weighted by Gasteiger charge is 2.10. The van der Waals surface area contributed by atoms with Gasteiger partial charge in [0.1, 0.15) is 18.2 Å². The number of unbranched alkanes of at least 4 members (excludes halogenated alkanes) is 1. The molecule has 3 aromatic rings. The van der Waals surface area contributed by atoms with E-state index in [1.807, 2.05) is 19.9 Å². The summed E-state index contributed by atoms with van der Waals surface area (Å²) in [6.07, 6.45) is 6.33. The van der Waals surface area contributed by atoms with Gasteiger partial charge in [0.25, 0.3) is 0 Å². The smallest absolute Gasteiger partial charge is 0.330 e. The number of nitrogens with zero attached hydrogens (tertiary/aromatic N) is 1. The van der Waals surface area contributed by atoms with Crippen LogP contribution in [0.4, 0.5) is 4.39 Å². The quantitative estimate of drug-likeness (QED) is 0.183. The Hall–Kier alpha value is -3.38. The summed E-state index contributed by atoms with van der Waals surface area (Å²) in [5.74, 6) is 0.578. The molecule has 5 nitrogen and oxygen atoms in total. The second kappa shape index (κ2) is 12.0. The molecule has 0 bridgehead atoms. The van der Waals surface area contributed by atoms with Crippen molar-refractivity contribution in [1.29, 1.82) is 0 Å². The fraction of sp³-hybridized carbons (Fsp3) is 0.231. The summed E-state index contributed by atoms with van der Waals surface area (Å²) in [6, 6.07) is 13.3. The lowest BCUT2D eigenvalue weighted by Gasteiger charge is -2.12. The molecule has 3 rings (SSSR count). The van der Waals surface area contributed by atoms with Gasteiger partial charge in [-0.25, -0.2) is 14.2 Å². The SMILES string of the molecule is CCCCOC(=O)C=Cc1cc(C)c(Oc2ccc(OCc3ccccc3F)cn2)c(Cl)c1. The van der Waals surface area contributed by atoms with Crippen molar-refractivity contribution in [2.75, 3.05) is 6.61 Å². The molecule has 0 N–H and O–H groups in total. The van der Waals surface area contributed by atoms with E-state index < -0.39 is 0 Å². The maximum Gasteiger partial charge on any atom is 0.330 e. The lowest BCUT2D eigenvalue weighted by Crippen LogP contribution is -2.01. The molecule has 0 saturated heterocycles. The van der Waals surface area contributed by atoms with E-state index in [9.17, 15) is 9.18 Å². The van der Waals surface area contributed by atoms with Crippen molar-refractivity contribution < 1.29 is 23.4 Å². The molecular formula is C26H25ClFNO4. The molecule has 0 spiro atoms. The molecule has 0 amide bonds. The minimum atomic E-state index is -0.390. The zero-order valence-electron chi connectivity index (χ0n) is 18.5. The van der Waals surface area contributed by atoms with Crippen molar-refractivity contribution in [1.82, 2.24) is 4.98 Å². The van der Waals surface area contributed by atoms with Crippen molar-refractivity contribution in [2.45, 2.75) is 33.3 Å². The van der Waals surface area contributed by atoms with Crippen LogP contribution in [-0.2, 0) is 16.1 Å². The monoisotopic (exact) mass is 469 g/mol. The summed E-state index contributed by atoms with van der Waals surface area (Å²) in [6.45, 7) is 4.39. The number of aromatic nitrogens is 1. The van der Waals surface area contributed by atoms with Crippen molar-refractivity contribution in [3.05, 3.63) is 88.3 Å². The van der Waals surface area contributed by atoms with E-state index >= 15 is 0 Å². The van der Waals surface area contributed by atoms with Crippen molar-refractivity contribution >= 4 is 23.6 Å². The fourth-order valence-corrected chi connectivity index (χ4v) is 3.22. The Balaban J connectivity index is 1.61. The van der Waals surface area contributed by atoms with Crippen LogP contribution in [0.5, 0.6) is 17.4 Å². The predicted molar refractivity (Wildman–Crippen MR) is 126 cm³/mol. The van der Waals surface area contributed by atoms with Crippen LogP contribution in [0.15, 0.2) is 60.8 Å². The Morgan fingerprint density at radius 2 is 2.00 bits per heavy atom. The number of esters is 1. The van der Waals surface area contributed by atoms with E-state index in [2.05, 4.69) is 4.98 Å². The molecule has 0 saturated carbocycles. The molecule has 172 valence electrons. The number of carbonyl (C=O) groups excluding carboxylic acids is 1. The number of halogens is 2. The van der Waals surface area contributed by atoms with Gasteiger partial charge < -0.3 is 14.2 Å². The van der Waals surface area contributed by atoms with E-state index in [1.165, 1.54) is 18.3 Å². The molecule has 0 aliphatic carbocycles. The molecule has 0 aliphatic heterocycles. The summed E-state index contributed by atoms with van der Waals surface area (Å²) in [5, 5.41) is 0.385. The number of hydrogen-bond acceptors (Lipinski definition) is 5. The van der Waals surface area contributed by atoms with Crippen LogP contribution < -0.4 is 9.47 Å². The molecule has 2 aromatic carbocycles. The molecule has 33 heavy (non-hydrogen) atoms. The lowest BCUT2D eigenvalue weighted by molar-refractivity contribution is -0.137. The topological polar surface area (TPSA) is 57.7 Å². The van der Waals surface area contributed by atoms with Gasteiger partial charge in [-0.2, -0.15) is 0 Å². The number of rotatable bonds is 10. The maximum atomic E-state index is 13.7. The molecule has 1 heterocycles. The van der Waals surface area contributed by atoms with Gasteiger partial charge in [-0.05, 0) is 54.8 Å². The van der Waals surface area contributed by atoms with Crippen LogP contribution in [0.3, 0.4) is 0 Å². The first-order valence-electron chi connectivity index (χ1n) is 10.6. The second-order valence-corrected chi connectivity index (χ2v) is 7.72. The highest BCUT2D eigenvalue weighted by atomic mass is 35.5. The van der Waals surface area contributed by atoms with Crippen LogP contribution >= 0.6 is 11.6 Å². The highest BCUT2D eigenvalue weighted by molar-refractivity contribution is 6.32. The van der Waals surface area contributed by atoms with Crippen molar-refractivity contribution in [3.8, 4) is 17.4 Å². The first-order chi connectivity index (χ1) is 16.0. The van der Waals surface area contributed by atoms with Gasteiger partial charge in [0.2, 0.25) is 5.88 Å². The number of pyridine rings is 1. The number of aryl methyl sites for hydroxylation is 1. The minimum absolute atomic E-state index is 0.0978. The van der Waals surface area contributed by atoms with Gasteiger partial charge in [0, 0.05) is 17.7 Å². The third-order valence-electron chi connectivity index (χ3n) is 4.67. The maximum absolute atomic E-state index is 13.7. The van der Waals surface area contributed by atoms with E-state index in [0.717, 1.165) is 24.0 Å². The highest BCUT2D eigenvalue weighted by Crippen LogP contribution is 2.34. The summed E-state index contributed by atoms with van der Waals surface area (Å²) in [5.41, 5.74) is 1.99. The Morgan fingerprint density at radius 1 is 1.18 bits per heavy atom. The zero-order valence-corrected chi connectivity index (χ0v) is 19.3. The van der Waals surface area contributed by atoms with Crippen molar-refractivity contribution in [3.63, 3.8) is 0 Å². The summed E-state index contributed by atoms with van der Waals surface area (Å²) in [4.78, 5) is 16.0. The second-order valence-electron chi connectivity index (χ2n) is 7.32. The average Bonchev–Trinajstić information content (AvgIpc) is 2.80. The van der Waals surface area contributed by atoms with Gasteiger partial charge in [-0.1, -0.05) is 43.1 Å². The Labute approximate surface area is 197 Å². The molecule has 7 heteroatoms. The van der Waals surface area contributed by atoms with Gasteiger partial charge in [-0.15, -0.1) is 0 Å². The van der Waals surface area contributed by atoms with E-state index in [0.29, 0.717) is 34.6 Å². The molecule has 0 fully saturated rings. The van der Waals surface area contributed by atoms with Gasteiger partial charge in [0.15, 0.2) is 5.75 Å². The van der Waals surface area contributed by atoms with E-state index in [1.54, 1.807) is 42.5 Å². The summed E-state index contributed by atoms with van der Waals surface area (Å²) < 4.78 is 30.2. The first kappa shape index (κ1) is 24.3. The zero-order chi connectivity index (χ0) is 23.6. The Kier molecular flexibility index (Phi) is 8.84. The average molecular weight is 470 g/mol. The van der Waals surface area contributed by atoms with Gasteiger partial charge >= 0.3 is 5.97 Å². The molecule has 0 aliphatic rings. The van der Waals surface area contributed by atoms with Crippen LogP contribution in [0, 0.1) is 12.7 Å². The van der Waals surface area contributed by atoms with Crippen LogP contribution in [0.1, 0.15) is 36.5 Å². The number of ether oxygens (including phenoxy) is 3. The number of hydrogen-bond donors (Lipinski definition) is 0. The first-order valence-corrected chi connectivity index (χ1v) is 11.0. The number of carbonyl (C=O) groups is 1. The normalized spacial score (nSPS) is 10.9. The molecular weight excluding hydrogens is 445 g/mol. The molecule has 0 radical (unpaired) electrons. The fourth-order valence-electron chi connectivity index (χ4n) is 2.91. The van der Waals surface area contributed by atoms with E-state index in [-0.39, 0.29) is 18.4 Å². The Morgan fingerprint density at radius 3 is 2.70 bits per heavy atom. The minimum Gasteiger partial charge on any atom is -0.487 e. The Bertz CT molecular complexity index is 1090. The van der Waals surface area contributed by atoms with E-state index in [4.69, 9.17) is 25.8 Å². The molecule has 0 unspecified atom stereocenters. The third kappa shape index (κ3) is 7.32. The number of benzene rings is 2. The standard InChI is InChI=1S/C26H25ClFNO4/c1-3-4-13-31-25(30)12-9-19-14-18(2)26(22(27)15-19)33-24-11-10-21(16-29-24)32-17-20-7-5-6-8-23(20)28/h5-12,14-16H,3-4,13,17H2,1-2H3. The lowest BCUT2D eigenvalue weighted by atomic mass is 10.1. The largest absolute Gasteiger partial charge is 0.487 e. The van der Waals surface area contributed by atoms with Gasteiger partial charge in [-0.3, -0.25) is 0 Å². The molecule has 0 atom stereocenters. The third-order valence-corrected chi connectivity index (χ3v) is 4.95. The predicted octanol–water partition coefficient (Wildman–Crippen LogP) is 6.91. The van der Waals surface area contributed by atoms with Crippen LogP contribution in [-0.4, -0.2) is 17.6 Å². The van der Waals surface area contributed by atoms with Crippen LogP contribution in [0.25, 0.3) is 6.08 Å². The summed E-state index contributed by atoms with van der Waals surface area (Å²) >= 11 is 6.40. The van der Waals surface area contributed by atoms with Crippen molar-refractivity contribution in [2.24, 2.45) is 0 Å². The van der Waals surface area contributed by atoms with Crippen LogP contribution in [0.2, 0.25) is 5.02 Å².